The summed E-state index contributed by atoms with van der Waals surface area (Å²) < 4.78 is 0. The Morgan fingerprint density at radius 1 is 1.04 bits per heavy atom. The molecule has 0 saturated carbocycles. The first-order valence-corrected chi connectivity index (χ1v) is 9.69. The number of aromatic nitrogens is 3. The summed E-state index contributed by atoms with van der Waals surface area (Å²) in [7, 11) is 0. The second kappa shape index (κ2) is 7.09. The molecule has 3 heterocycles. The third-order valence-corrected chi connectivity index (χ3v) is 5.56. The molecular weight excluding hydrogens is 348 g/mol. The van der Waals surface area contributed by atoms with Crippen LogP contribution in [0, 0.1) is 0 Å². The van der Waals surface area contributed by atoms with E-state index >= 15 is 0 Å². The Bertz CT molecular complexity index is 1090. The number of benzene rings is 2. The van der Waals surface area contributed by atoms with Crippen LogP contribution in [-0.4, -0.2) is 26.6 Å². The zero-order chi connectivity index (χ0) is 18.9. The molecule has 1 aliphatic heterocycles. The van der Waals surface area contributed by atoms with Crippen LogP contribution in [0.25, 0.3) is 22.3 Å². The van der Waals surface area contributed by atoms with Crippen molar-refractivity contribution in [2.45, 2.75) is 25.5 Å². The molecule has 1 fully saturated rings. The summed E-state index contributed by atoms with van der Waals surface area (Å²) in [5, 5.41) is 10.3. The SMILES string of the molecule is OCc1ccc(-c2cc3c(N4CCCC4c4ccccc4)ncnc3[nH]2)cc1. The highest BCUT2D eigenvalue weighted by Gasteiger charge is 2.28. The number of aliphatic hydroxyl groups is 1. The molecule has 4 aromatic rings. The molecule has 1 atom stereocenters. The monoisotopic (exact) mass is 370 g/mol. The summed E-state index contributed by atoms with van der Waals surface area (Å²) >= 11 is 0. The van der Waals surface area contributed by atoms with Gasteiger partial charge >= 0.3 is 0 Å². The maximum Gasteiger partial charge on any atom is 0.143 e. The van der Waals surface area contributed by atoms with Crippen molar-refractivity contribution in [2.24, 2.45) is 0 Å². The minimum absolute atomic E-state index is 0.0540. The van der Waals surface area contributed by atoms with Crippen molar-refractivity contribution in [1.29, 1.82) is 0 Å². The first kappa shape index (κ1) is 17.0. The molecule has 1 unspecified atom stereocenters. The number of nitrogens with zero attached hydrogens (tertiary/aromatic N) is 3. The fourth-order valence-corrected chi connectivity index (χ4v) is 4.14. The zero-order valence-corrected chi connectivity index (χ0v) is 15.5. The number of rotatable bonds is 4. The Hall–Kier alpha value is -3.18. The van der Waals surface area contributed by atoms with Crippen LogP contribution < -0.4 is 4.90 Å². The van der Waals surface area contributed by atoms with Gasteiger partial charge in [-0.2, -0.15) is 0 Å². The summed E-state index contributed by atoms with van der Waals surface area (Å²) in [5.74, 6) is 0.992. The average molecular weight is 370 g/mol. The number of hydrogen-bond acceptors (Lipinski definition) is 4. The minimum Gasteiger partial charge on any atom is -0.392 e. The summed E-state index contributed by atoms with van der Waals surface area (Å²) in [5.41, 5.74) is 5.18. The van der Waals surface area contributed by atoms with Gasteiger partial charge in [0.15, 0.2) is 0 Å². The maximum absolute atomic E-state index is 9.26. The van der Waals surface area contributed by atoms with Gasteiger partial charge in [-0.25, -0.2) is 9.97 Å². The highest BCUT2D eigenvalue weighted by Crippen LogP contribution is 2.38. The number of aromatic amines is 1. The summed E-state index contributed by atoms with van der Waals surface area (Å²) in [6.45, 7) is 1.05. The van der Waals surface area contributed by atoms with Gasteiger partial charge < -0.3 is 15.0 Å². The molecule has 2 aromatic heterocycles. The molecule has 0 aliphatic carbocycles. The average Bonchev–Trinajstić information content (AvgIpc) is 3.41. The maximum atomic E-state index is 9.26. The van der Waals surface area contributed by atoms with Crippen LogP contribution in [0.3, 0.4) is 0 Å². The third-order valence-electron chi connectivity index (χ3n) is 5.56. The Morgan fingerprint density at radius 3 is 2.64 bits per heavy atom. The van der Waals surface area contributed by atoms with Gasteiger partial charge in [-0.05, 0) is 35.6 Å². The van der Waals surface area contributed by atoms with Crippen molar-refractivity contribution >= 4 is 16.9 Å². The lowest BCUT2D eigenvalue weighted by Crippen LogP contribution is -2.23. The van der Waals surface area contributed by atoms with Gasteiger partial charge in [-0.3, -0.25) is 0 Å². The molecule has 0 spiro atoms. The smallest absolute Gasteiger partial charge is 0.143 e. The van der Waals surface area contributed by atoms with E-state index < -0.39 is 0 Å². The van der Waals surface area contributed by atoms with Crippen LogP contribution in [0.2, 0.25) is 0 Å². The van der Waals surface area contributed by atoms with Gasteiger partial charge in [0.1, 0.15) is 17.8 Å². The van der Waals surface area contributed by atoms with Gasteiger partial charge in [-0.1, -0.05) is 54.6 Å². The van der Waals surface area contributed by atoms with Crippen molar-refractivity contribution in [3.8, 4) is 11.3 Å². The van der Waals surface area contributed by atoms with Crippen LogP contribution >= 0.6 is 0 Å². The number of anilines is 1. The highest BCUT2D eigenvalue weighted by molar-refractivity contribution is 5.92. The topological polar surface area (TPSA) is 65.0 Å². The molecular formula is C23H22N4O. The van der Waals surface area contributed by atoms with Gasteiger partial charge in [0.05, 0.1) is 18.0 Å². The summed E-state index contributed by atoms with van der Waals surface area (Å²) in [6.07, 6.45) is 3.94. The van der Waals surface area contributed by atoms with Crippen molar-refractivity contribution in [3.05, 3.63) is 78.1 Å². The fourth-order valence-electron chi connectivity index (χ4n) is 4.14. The molecule has 1 saturated heterocycles. The lowest BCUT2D eigenvalue weighted by atomic mass is 10.0. The van der Waals surface area contributed by atoms with Crippen molar-refractivity contribution in [2.75, 3.05) is 11.4 Å². The standard InChI is InChI=1S/C23H22N4O/c28-14-16-8-10-17(11-9-16)20-13-19-22(26-20)24-15-25-23(19)27-12-4-7-21(27)18-5-2-1-3-6-18/h1-3,5-6,8-11,13,15,21,28H,4,7,12,14H2,(H,24,25,26). The Morgan fingerprint density at radius 2 is 1.86 bits per heavy atom. The van der Waals surface area contributed by atoms with Crippen molar-refractivity contribution in [1.82, 2.24) is 15.0 Å². The molecule has 140 valence electrons. The van der Waals surface area contributed by atoms with E-state index in [1.165, 1.54) is 5.56 Å². The van der Waals surface area contributed by atoms with E-state index in [2.05, 4.69) is 56.3 Å². The number of fused-ring (bicyclic) bond motifs is 1. The predicted molar refractivity (Wildman–Crippen MR) is 111 cm³/mol. The summed E-state index contributed by atoms with van der Waals surface area (Å²) in [6, 6.07) is 21.1. The Balaban J connectivity index is 1.55. The van der Waals surface area contributed by atoms with Gasteiger partial charge in [-0.15, -0.1) is 0 Å². The van der Waals surface area contributed by atoms with Crippen LogP contribution in [0.15, 0.2) is 67.0 Å². The number of aliphatic hydroxyl groups excluding tert-OH is 1. The number of nitrogens with one attached hydrogen (secondary N) is 1. The van der Waals surface area contributed by atoms with Crippen LogP contribution in [0.1, 0.15) is 30.0 Å². The lowest BCUT2D eigenvalue weighted by Gasteiger charge is -2.26. The largest absolute Gasteiger partial charge is 0.392 e. The molecule has 28 heavy (non-hydrogen) atoms. The molecule has 0 radical (unpaired) electrons. The van der Waals surface area contributed by atoms with Crippen molar-refractivity contribution in [3.63, 3.8) is 0 Å². The molecule has 1 aliphatic rings. The molecule has 5 nitrogen and oxygen atoms in total. The molecule has 2 N–H and O–H groups in total. The molecule has 2 aromatic carbocycles. The van der Waals surface area contributed by atoms with E-state index in [-0.39, 0.29) is 6.61 Å². The Kier molecular flexibility index (Phi) is 4.29. The van der Waals surface area contributed by atoms with E-state index in [1.54, 1.807) is 6.33 Å². The fraction of sp³-hybridized carbons (Fsp3) is 0.217. The number of H-pyrrole nitrogens is 1. The van der Waals surface area contributed by atoms with E-state index in [9.17, 15) is 5.11 Å². The number of hydrogen-bond donors (Lipinski definition) is 2. The quantitative estimate of drug-likeness (QED) is 0.557. The van der Waals surface area contributed by atoms with Gasteiger partial charge in [0.2, 0.25) is 0 Å². The third kappa shape index (κ3) is 2.94. The van der Waals surface area contributed by atoms with E-state index in [0.717, 1.165) is 53.1 Å². The van der Waals surface area contributed by atoms with Gasteiger partial charge in [0.25, 0.3) is 0 Å². The molecule has 5 heteroatoms. The van der Waals surface area contributed by atoms with Crippen LogP contribution in [0.5, 0.6) is 0 Å². The van der Waals surface area contributed by atoms with E-state index in [0.29, 0.717) is 6.04 Å². The van der Waals surface area contributed by atoms with Crippen molar-refractivity contribution < 1.29 is 5.11 Å². The normalized spacial score (nSPS) is 16.8. The van der Waals surface area contributed by atoms with E-state index in [4.69, 9.17) is 0 Å². The minimum atomic E-state index is 0.0540. The van der Waals surface area contributed by atoms with Gasteiger partial charge in [0, 0.05) is 12.2 Å². The second-order valence-corrected chi connectivity index (χ2v) is 7.26. The predicted octanol–water partition coefficient (Wildman–Crippen LogP) is 4.46. The highest BCUT2D eigenvalue weighted by atomic mass is 16.3. The molecule has 5 rings (SSSR count). The van der Waals surface area contributed by atoms with Crippen LogP contribution in [-0.2, 0) is 6.61 Å². The van der Waals surface area contributed by atoms with Crippen LogP contribution in [0.4, 0.5) is 5.82 Å². The first-order chi connectivity index (χ1) is 13.8. The zero-order valence-electron chi connectivity index (χ0n) is 15.5. The summed E-state index contributed by atoms with van der Waals surface area (Å²) in [4.78, 5) is 15.0. The second-order valence-electron chi connectivity index (χ2n) is 7.26. The molecule has 0 amide bonds. The Labute approximate surface area is 163 Å². The first-order valence-electron chi connectivity index (χ1n) is 9.69. The van der Waals surface area contributed by atoms with E-state index in [1.807, 2.05) is 24.3 Å². The lowest BCUT2D eigenvalue weighted by molar-refractivity contribution is 0.282. The molecule has 0 bridgehead atoms.